The van der Waals surface area contributed by atoms with Crippen LogP contribution in [0.1, 0.15) is 45.8 Å². The highest BCUT2D eigenvalue weighted by molar-refractivity contribution is 6.08. The molecular formula is C18H18N4O4. The molecule has 1 aromatic carbocycles. The van der Waals surface area contributed by atoms with E-state index in [-0.39, 0.29) is 23.2 Å². The van der Waals surface area contributed by atoms with E-state index >= 15 is 0 Å². The molecule has 0 atom stereocenters. The molecule has 0 aliphatic carbocycles. The Balaban J connectivity index is 1.57. The third-order valence-electron chi connectivity index (χ3n) is 4.91. The van der Waals surface area contributed by atoms with E-state index in [0.29, 0.717) is 30.6 Å². The number of fused-ring (bicyclic) bond motifs is 1. The third-order valence-corrected chi connectivity index (χ3v) is 4.91. The molecule has 2 N–H and O–H groups in total. The van der Waals surface area contributed by atoms with Gasteiger partial charge < -0.3 is 14.9 Å². The minimum absolute atomic E-state index is 0.0213. The zero-order valence-electron chi connectivity index (χ0n) is 14.1. The summed E-state index contributed by atoms with van der Waals surface area (Å²) >= 11 is 0. The zero-order chi connectivity index (χ0) is 18.3. The van der Waals surface area contributed by atoms with Crippen LogP contribution in [-0.4, -0.2) is 46.2 Å². The van der Waals surface area contributed by atoms with Crippen molar-refractivity contribution in [1.82, 2.24) is 10.2 Å². The van der Waals surface area contributed by atoms with Crippen molar-refractivity contribution in [1.29, 1.82) is 0 Å². The van der Waals surface area contributed by atoms with Crippen LogP contribution in [0.5, 0.6) is 0 Å². The first-order valence-corrected chi connectivity index (χ1v) is 8.59. The maximum Gasteiger partial charge on any atom is 0.354 e. The van der Waals surface area contributed by atoms with E-state index in [2.05, 4.69) is 10.2 Å². The van der Waals surface area contributed by atoms with Crippen molar-refractivity contribution in [3.05, 3.63) is 41.2 Å². The third kappa shape index (κ3) is 2.63. The van der Waals surface area contributed by atoms with Gasteiger partial charge in [-0.2, -0.15) is 5.10 Å². The van der Waals surface area contributed by atoms with Gasteiger partial charge in [0.2, 0.25) is 5.91 Å². The van der Waals surface area contributed by atoms with Crippen LogP contribution < -0.4 is 9.80 Å². The van der Waals surface area contributed by atoms with Crippen molar-refractivity contribution in [3.8, 4) is 0 Å². The van der Waals surface area contributed by atoms with Gasteiger partial charge in [-0.1, -0.05) is 0 Å². The molecule has 1 fully saturated rings. The number of H-pyrrole nitrogens is 1. The highest BCUT2D eigenvalue weighted by Crippen LogP contribution is 2.28. The molecule has 0 bridgehead atoms. The molecule has 2 aliphatic rings. The van der Waals surface area contributed by atoms with Gasteiger partial charge in [-0.15, -0.1) is 0 Å². The highest BCUT2D eigenvalue weighted by Gasteiger charge is 2.32. The number of carbonyl (C=O) groups is 3. The number of aromatic carboxylic acids is 1. The van der Waals surface area contributed by atoms with Gasteiger partial charge >= 0.3 is 5.97 Å². The summed E-state index contributed by atoms with van der Waals surface area (Å²) in [4.78, 5) is 39.2. The standard InChI is InChI=1S/C18H18N4O4/c23-14-3-1-2-9-21(14)11-4-6-12(7-5-11)22-10-8-13-15(17(22)24)19-20-16(13)18(25)26/h4-7H,1-3,8-10H2,(H,19,20)(H,25,26). The van der Waals surface area contributed by atoms with Crippen molar-refractivity contribution in [2.75, 3.05) is 22.9 Å². The number of carboxylic acids is 1. The van der Waals surface area contributed by atoms with Gasteiger partial charge in [0.15, 0.2) is 5.69 Å². The molecular weight excluding hydrogens is 336 g/mol. The van der Waals surface area contributed by atoms with Crippen molar-refractivity contribution < 1.29 is 19.5 Å². The summed E-state index contributed by atoms with van der Waals surface area (Å²) < 4.78 is 0. The number of amides is 2. The van der Waals surface area contributed by atoms with Crippen LogP contribution in [0.2, 0.25) is 0 Å². The lowest BCUT2D eigenvalue weighted by molar-refractivity contribution is -0.119. The maximum atomic E-state index is 12.7. The van der Waals surface area contributed by atoms with E-state index in [9.17, 15) is 14.4 Å². The normalized spacial score (nSPS) is 17.4. The number of rotatable bonds is 3. The Morgan fingerprint density at radius 1 is 1.00 bits per heavy atom. The highest BCUT2D eigenvalue weighted by atomic mass is 16.4. The Bertz CT molecular complexity index is 887. The van der Waals surface area contributed by atoms with Crippen LogP contribution in [0.15, 0.2) is 24.3 Å². The fourth-order valence-electron chi connectivity index (χ4n) is 3.55. The molecule has 8 heteroatoms. The number of nitrogens with zero attached hydrogens (tertiary/aromatic N) is 3. The van der Waals surface area contributed by atoms with Crippen molar-refractivity contribution in [2.24, 2.45) is 0 Å². The number of carboxylic acid groups (broad SMARTS) is 1. The minimum Gasteiger partial charge on any atom is -0.477 e. The molecule has 3 heterocycles. The monoisotopic (exact) mass is 354 g/mol. The van der Waals surface area contributed by atoms with E-state index in [1.165, 1.54) is 0 Å². The zero-order valence-corrected chi connectivity index (χ0v) is 14.1. The Morgan fingerprint density at radius 2 is 1.69 bits per heavy atom. The van der Waals surface area contributed by atoms with Gasteiger partial charge in [0, 0.05) is 36.4 Å². The fourth-order valence-corrected chi connectivity index (χ4v) is 3.55. The first-order valence-electron chi connectivity index (χ1n) is 8.59. The lowest BCUT2D eigenvalue weighted by Crippen LogP contribution is -2.38. The minimum atomic E-state index is -1.12. The number of carbonyl (C=O) groups excluding carboxylic acids is 2. The number of piperidine rings is 1. The molecule has 0 radical (unpaired) electrons. The van der Waals surface area contributed by atoms with E-state index in [0.717, 1.165) is 25.1 Å². The van der Waals surface area contributed by atoms with Gasteiger partial charge in [0.05, 0.1) is 0 Å². The lowest BCUT2D eigenvalue weighted by Gasteiger charge is -2.29. The van der Waals surface area contributed by atoms with Crippen molar-refractivity contribution >= 4 is 29.2 Å². The molecule has 0 spiro atoms. The van der Waals surface area contributed by atoms with E-state index in [1.54, 1.807) is 9.80 Å². The van der Waals surface area contributed by atoms with Crippen LogP contribution >= 0.6 is 0 Å². The molecule has 0 unspecified atom stereocenters. The van der Waals surface area contributed by atoms with E-state index < -0.39 is 5.97 Å². The van der Waals surface area contributed by atoms with E-state index in [4.69, 9.17) is 5.11 Å². The summed E-state index contributed by atoms with van der Waals surface area (Å²) in [7, 11) is 0. The maximum absolute atomic E-state index is 12.7. The van der Waals surface area contributed by atoms with Gasteiger partial charge in [-0.05, 0) is 43.5 Å². The molecule has 2 aromatic rings. The van der Waals surface area contributed by atoms with Gasteiger partial charge in [-0.25, -0.2) is 4.79 Å². The summed E-state index contributed by atoms with van der Waals surface area (Å²) in [6, 6.07) is 7.30. The molecule has 134 valence electrons. The van der Waals surface area contributed by atoms with Crippen LogP contribution in [-0.2, 0) is 11.2 Å². The number of hydrogen-bond donors (Lipinski definition) is 2. The van der Waals surface area contributed by atoms with E-state index in [1.807, 2.05) is 24.3 Å². The average molecular weight is 354 g/mol. The number of anilines is 2. The Labute approximate surface area is 149 Å². The molecule has 26 heavy (non-hydrogen) atoms. The van der Waals surface area contributed by atoms with Gasteiger partial charge in [0.1, 0.15) is 5.69 Å². The number of nitrogens with one attached hydrogen (secondary N) is 1. The number of hydrogen-bond acceptors (Lipinski definition) is 4. The van der Waals surface area contributed by atoms with Crippen molar-refractivity contribution in [3.63, 3.8) is 0 Å². The second-order valence-electron chi connectivity index (χ2n) is 6.46. The Hall–Kier alpha value is -3.16. The predicted molar refractivity (Wildman–Crippen MR) is 93.6 cm³/mol. The lowest BCUT2D eigenvalue weighted by atomic mass is 10.0. The fraction of sp³-hybridized carbons (Fsp3) is 0.333. The SMILES string of the molecule is O=C(O)c1[nH]nc2c1CCN(c1ccc(N3CCCCC3=O)cc1)C2=O. The number of aromatic amines is 1. The Kier molecular flexibility index (Phi) is 3.95. The summed E-state index contributed by atoms with van der Waals surface area (Å²) in [6.07, 6.45) is 2.91. The quantitative estimate of drug-likeness (QED) is 0.874. The molecule has 0 saturated carbocycles. The predicted octanol–water partition coefficient (Wildman–Crippen LogP) is 1.83. The number of benzene rings is 1. The summed E-state index contributed by atoms with van der Waals surface area (Å²) in [5.41, 5.74) is 2.12. The van der Waals surface area contributed by atoms with Crippen LogP contribution in [0.25, 0.3) is 0 Å². The molecule has 1 aromatic heterocycles. The first kappa shape index (κ1) is 16.3. The molecule has 2 aliphatic heterocycles. The summed E-state index contributed by atoms with van der Waals surface area (Å²) in [5, 5.41) is 15.5. The molecule has 2 amide bonds. The van der Waals surface area contributed by atoms with Crippen molar-refractivity contribution in [2.45, 2.75) is 25.7 Å². The van der Waals surface area contributed by atoms with Gasteiger partial charge in [-0.3, -0.25) is 14.7 Å². The smallest absolute Gasteiger partial charge is 0.354 e. The van der Waals surface area contributed by atoms with Crippen LogP contribution in [0.3, 0.4) is 0 Å². The Morgan fingerprint density at radius 3 is 2.35 bits per heavy atom. The summed E-state index contributed by atoms with van der Waals surface area (Å²) in [5.74, 6) is -1.31. The molecule has 4 rings (SSSR count). The first-order chi connectivity index (χ1) is 12.6. The van der Waals surface area contributed by atoms with Gasteiger partial charge in [0.25, 0.3) is 5.91 Å². The molecule has 8 nitrogen and oxygen atoms in total. The topological polar surface area (TPSA) is 107 Å². The largest absolute Gasteiger partial charge is 0.477 e. The average Bonchev–Trinajstić information content (AvgIpc) is 3.08. The number of aromatic nitrogens is 2. The van der Waals surface area contributed by atoms with Crippen LogP contribution in [0.4, 0.5) is 11.4 Å². The summed E-state index contributed by atoms with van der Waals surface area (Å²) in [6.45, 7) is 1.10. The van der Waals surface area contributed by atoms with Crippen LogP contribution in [0, 0.1) is 0 Å². The second-order valence-corrected chi connectivity index (χ2v) is 6.46. The second kappa shape index (κ2) is 6.29. The molecule has 1 saturated heterocycles.